The highest BCUT2D eigenvalue weighted by molar-refractivity contribution is 5.58. The summed E-state index contributed by atoms with van der Waals surface area (Å²) < 4.78 is 90.9. The van der Waals surface area contributed by atoms with Crippen LogP contribution >= 0.6 is 0 Å². The molecular weight excluding hydrogens is 566 g/mol. The number of alkyl halides is 6. The van der Waals surface area contributed by atoms with Gasteiger partial charge >= 0.3 is 18.0 Å². The molecular formula is C28H28F6N6O2. The number of nitrogens with zero attached hydrogens (tertiary/aromatic N) is 6. The molecule has 0 unspecified atom stereocenters. The minimum atomic E-state index is -4.80. The Bertz CT molecular complexity index is 1650. The van der Waals surface area contributed by atoms with Crippen LogP contribution in [0.3, 0.4) is 0 Å². The van der Waals surface area contributed by atoms with Crippen LogP contribution in [0.2, 0.25) is 0 Å². The van der Waals surface area contributed by atoms with E-state index in [0.29, 0.717) is 11.6 Å². The third-order valence-corrected chi connectivity index (χ3v) is 8.20. The van der Waals surface area contributed by atoms with Crippen molar-refractivity contribution >= 4 is 5.52 Å². The van der Waals surface area contributed by atoms with Crippen LogP contribution in [-0.2, 0) is 24.5 Å². The summed E-state index contributed by atoms with van der Waals surface area (Å²) in [4.78, 5) is 14.9. The third kappa shape index (κ3) is 5.33. The Hall–Kier alpha value is -3.65. The van der Waals surface area contributed by atoms with E-state index in [4.69, 9.17) is 4.74 Å². The van der Waals surface area contributed by atoms with Crippen LogP contribution in [0.1, 0.15) is 47.7 Å². The Kier molecular flexibility index (Phi) is 7.16. The molecule has 0 bridgehead atoms. The molecule has 14 heteroatoms. The first-order chi connectivity index (χ1) is 19.9. The van der Waals surface area contributed by atoms with E-state index < -0.39 is 36.3 Å². The van der Waals surface area contributed by atoms with E-state index in [1.165, 1.54) is 15.7 Å². The average molecular weight is 595 g/mol. The lowest BCUT2D eigenvalue weighted by Gasteiger charge is -2.33. The minimum Gasteiger partial charge on any atom is -0.366 e. The van der Waals surface area contributed by atoms with Gasteiger partial charge in [-0.15, -0.1) is 10.2 Å². The Labute approximate surface area is 236 Å². The maximum Gasteiger partial charge on any atom is 0.418 e. The standard InChI is InChI=1S/C28H28F6N6O2/c1-37-16-35-36-25(37)24(18-4-2-5-18)19-6-3-7-20(11-19)39-14-22-21(27(29,30)31)10-17(13-40(22)26(39)41)12-38-8-9-42-23(15-38)28(32,33)34/h3,6-7,10-11,13-14,16,18,23-24H,2,4-5,8-9,12,15H2,1H3/t23-,24+/m0/s1. The van der Waals surface area contributed by atoms with Gasteiger partial charge < -0.3 is 9.30 Å². The number of aromatic nitrogens is 5. The van der Waals surface area contributed by atoms with Crippen LogP contribution in [0.4, 0.5) is 26.3 Å². The molecule has 0 radical (unpaired) electrons. The maximum atomic E-state index is 14.2. The molecule has 8 nitrogen and oxygen atoms in total. The van der Waals surface area contributed by atoms with Crippen molar-refractivity contribution in [3.63, 3.8) is 0 Å². The molecule has 0 N–H and O–H groups in total. The van der Waals surface area contributed by atoms with Crippen LogP contribution in [0.15, 0.2) is 53.8 Å². The van der Waals surface area contributed by atoms with Gasteiger partial charge in [0, 0.05) is 45.0 Å². The van der Waals surface area contributed by atoms with Crippen LogP contribution in [-0.4, -0.2) is 60.6 Å². The molecule has 4 heterocycles. The fraction of sp³-hybridized carbons (Fsp3) is 0.464. The Morgan fingerprint density at radius 2 is 1.88 bits per heavy atom. The van der Waals surface area contributed by atoms with Gasteiger partial charge in [-0.3, -0.25) is 13.9 Å². The molecule has 1 aliphatic heterocycles. The van der Waals surface area contributed by atoms with Crippen molar-refractivity contribution in [1.29, 1.82) is 0 Å². The highest BCUT2D eigenvalue weighted by Gasteiger charge is 2.43. The molecule has 0 spiro atoms. The quantitative estimate of drug-likeness (QED) is 0.296. The molecule has 0 amide bonds. The molecule has 2 atom stereocenters. The number of hydrogen-bond acceptors (Lipinski definition) is 5. The highest BCUT2D eigenvalue weighted by Crippen LogP contribution is 2.43. The van der Waals surface area contributed by atoms with Crippen LogP contribution in [0, 0.1) is 5.92 Å². The molecule has 1 saturated heterocycles. The van der Waals surface area contributed by atoms with E-state index in [2.05, 4.69) is 10.2 Å². The van der Waals surface area contributed by atoms with Gasteiger partial charge in [0.15, 0.2) is 6.10 Å². The zero-order valence-electron chi connectivity index (χ0n) is 22.6. The van der Waals surface area contributed by atoms with Crippen molar-refractivity contribution in [2.24, 2.45) is 13.0 Å². The summed E-state index contributed by atoms with van der Waals surface area (Å²) in [5, 5.41) is 8.32. The number of halogens is 6. The molecule has 42 heavy (non-hydrogen) atoms. The van der Waals surface area contributed by atoms with E-state index >= 15 is 0 Å². The molecule has 2 fully saturated rings. The summed E-state index contributed by atoms with van der Waals surface area (Å²) in [7, 11) is 1.85. The predicted octanol–water partition coefficient (Wildman–Crippen LogP) is 4.93. The molecule has 4 aromatic rings. The van der Waals surface area contributed by atoms with Crippen molar-refractivity contribution in [3.8, 4) is 5.69 Å². The lowest BCUT2D eigenvalue weighted by molar-refractivity contribution is -0.237. The van der Waals surface area contributed by atoms with E-state index in [1.54, 1.807) is 24.5 Å². The normalized spacial score (nSPS) is 19.7. The number of benzene rings is 1. The summed E-state index contributed by atoms with van der Waals surface area (Å²) in [6, 6.07) is 8.01. The number of fused-ring (bicyclic) bond motifs is 1. The SMILES string of the molecule is Cn1cnnc1[C@@H](c1cccc(-n2cc3c(C(F)(F)F)cc(CN4CCO[C@H](C(F)(F)F)C4)cn3c2=O)c1)C1CCC1. The van der Waals surface area contributed by atoms with Crippen molar-refractivity contribution in [1.82, 2.24) is 28.6 Å². The topological polar surface area (TPSA) is 69.6 Å². The second kappa shape index (κ2) is 10.6. The number of imidazole rings is 1. The average Bonchev–Trinajstić information content (AvgIpc) is 3.47. The summed E-state index contributed by atoms with van der Waals surface area (Å²) in [6.07, 6.45) is -4.29. The van der Waals surface area contributed by atoms with Crippen molar-refractivity contribution < 1.29 is 31.1 Å². The van der Waals surface area contributed by atoms with E-state index in [1.807, 2.05) is 17.7 Å². The van der Waals surface area contributed by atoms with Gasteiger partial charge in [-0.2, -0.15) is 26.3 Å². The summed E-state index contributed by atoms with van der Waals surface area (Å²) in [5.41, 5.74) is -0.774. The van der Waals surface area contributed by atoms with E-state index in [-0.39, 0.29) is 36.7 Å². The van der Waals surface area contributed by atoms with Gasteiger partial charge in [0.1, 0.15) is 12.2 Å². The summed E-state index contributed by atoms with van der Waals surface area (Å²) in [5.74, 6) is 1.00. The van der Waals surface area contributed by atoms with Crippen molar-refractivity contribution in [2.45, 2.75) is 50.2 Å². The molecule has 6 rings (SSSR count). The number of hydrogen-bond donors (Lipinski definition) is 0. The second-order valence-corrected chi connectivity index (χ2v) is 11.0. The lowest BCUT2D eigenvalue weighted by atomic mass is 9.72. The van der Waals surface area contributed by atoms with Crippen LogP contribution in [0.25, 0.3) is 11.2 Å². The van der Waals surface area contributed by atoms with Crippen molar-refractivity contribution in [2.75, 3.05) is 19.7 Å². The number of morpholine rings is 1. The van der Waals surface area contributed by atoms with Gasteiger partial charge in [0.05, 0.1) is 23.4 Å². The third-order valence-electron chi connectivity index (χ3n) is 8.20. The smallest absolute Gasteiger partial charge is 0.366 e. The molecule has 1 aliphatic carbocycles. The van der Waals surface area contributed by atoms with Gasteiger partial charge in [0.25, 0.3) is 0 Å². The van der Waals surface area contributed by atoms with Gasteiger partial charge in [-0.1, -0.05) is 18.6 Å². The zero-order chi connectivity index (χ0) is 29.8. The summed E-state index contributed by atoms with van der Waals surface area (Å²) in [6.45, 7) is -0.814. The second-order valence-electron chi connectivity index (χ2n) is 11.0. The predicted molar refractivity (Wildman–Crippen MR) is 139 cm³/mol. The van der Waals surface area contributed by atoms with Gasteiger partial charge in [-0.05, 0) is 48.1 Å². The number of pyridine rings is 1. The van der Waals surface area contributed by atoms with Gasteiger partial charge in [0.2, 0.25) is 0 Å². The number of aryl methyl sites for hydroxylation is 1. The Morgan fingerprint density at radius 1 is 1.10 bits per heavy atom. The molecule has 2 aliphatic rings. The Morgan fingerprint density at radius 3 is 2.52 bits per heavy atom. The van der Waals surface area contributed by atoms with Crippen LogP contribution in [0.5, 0.6) is 0 Å². The monoisotopic (exact) mass is 594 g/mol. The number of rotatable bonds is 6. The number of ether oxygens (including phenoxy) is 1. The fourth-order valence-corrected chi connectivity index (χ4v) is 5.89. The summed E-state index contributed by atoms with van der Waals surface area (Å²) >= 11 is 0. The molecule has 1 saturated carbocycles. The first kappa shape index (κ1) is 28.5. The Balaban J connectivity index is 1.39. The highest BCUT2D eigenvalue weighted by atomic mass is 19.4. The first-order valence-corrected chi connectivity index (χ1v) is 13.6. The molecule has 3 aromatic heterocycles. The lowest BCUT2D eigenvalue weighted by Crippen LogP contribution is -2.48. The molecule has 1 aromatic carbocycles. The van der Waals surface area contributed by atoms with Gasteiger partial charge in [-0.25, -0.2) is 4.79 Å². The van der Waals surface area contributed by atoms with E-state index in [0.717, 1.165) is 47.3 Å². The van der Waals surface area contributed by atoms with Crippen molar-refractivity contribution in [3.05, 3.63) is 82.1 Å². The zero-order valence-corrected chi connectivity index (χ0v) is 22.6. The van der Waals surface area contributed by atoms with Crippen LogP contribution < -0.4 is 5.69 Å². The largest absolute Gasteiger partial charge is 0.418 e. The first-order valence-electron chi connectivity index (χ1n) is 13.6. The minimum absolute atomic E-state index is 0.0681. The fourth-order valence-electron chi connectivity index (χ4n) is 5.89. The van der Waals surface area contributed by atoms with E-state index in [9.17, 15) is 31.1 Å². The maximum absolute atomic E-state index is 14.2. The molecule has 224 valence electrons.